The fourth-order valence-electron chi connectivity index (χ4n) is 4.33. The van der Waals surface area contributed by atoms with Crippen LogP contribution in [-0.2, 0) is 9.59 Å². The van der Waals surface area contributed by atoms with Crippen LogP contribution in [0.3, 0.4) is 0 Å². The molecule has 0 N–H and O–H groups in total. The predicted octanol–water partition coefficient (Wildman–Crippen LogP) is 1.46. The van der Waals surface area contributed by atoms with Gasteiger partial charge in [0.1, 0.15) is 0 Å². The van der Waals surface area contributed by atoms with E-state index in [4.69, 9.17) is 9.47 Å². The molecule has 0 aromatic heterocycles. The SMILES string of the molecule is O=C1[C@@H]2[C@@H](C(=O)N1/N=C\c1cc3c(cc1[N+](=O)[O-])OCO3)[C@H]1C=C[C@H]2C1. The Labute approximate surface area is 147 Å². The number of rotatable bonds is 3. The van der Waals surface area contributed by atoms with Crippen molar-refractivity contribution in [3.05, 3.63) is 40.0 Å². The number of nitro groups is 1. The van der Waals surface area contributed by atoms with E-state index < -0.39 is 4.92 Å². The van der Waals surface area contributed by atoms with Crippen LogP contribution in [0.25, 0.3) is 0 Å². The average Bonchev–Trinajstić information content (AvgIpc) is 3.37. The Kier molecular flexibility index (Phi) is 2.97. The Bertz CT molecular complexity index is 893. The highest BCUT2D eigenvalue weighted by molar-refractivity contribution is 6.07. The molecule has 9 nitrogen and oxygen atoms in total. The van der Waals surface area contributed by atoms with Crippen LogP contribution in [0.15, 0.2) is 29.4 Å². The van der Waals surface area contributed by atoms with Crippen LogP contribution >= 0.6 is 0 Å². The summed E-state index contributed by atoms with van der Waals surface area (Å²) in [5, 5.41) is 16.1. The minimum atomic E-state index is -0.574. The number of nitrogens with zero attached hydrogens (tertiary/aromatic N) is 3. The first-order valence-corrected chi connectivity index (χ1v) is 8.23. The normalized spacial score (nSPS) is 30.7. The second-order valence-corrected chi connectivity index (χ2v) is 6.75. The number of fused-ring (bicyclic) bond motifs is 6. The topological polar surface area (TPSA) is 111 Å². The predicted molar refractivity (Wildman–Crippen MR) is 86.4 cm³/mol. The summed E-state index contributed by atoms with van der Waals surface area (Å²) in [6.07, 6.45) is 5.98. The highest BCUT2D eigenvalue weighted by Crippen LogP contribution is 2.52. The maximum Gasteiger partial charge on any atom is 0.282 e. The maximum absolute atomic E-state index is 12.6. The van der Waals surface area contributed by atoms with E-state index in [1.807, 2.05) is 12.2 Å². The molecule has 2 bridgehead atoms. The first-order valence-electron chi connectivity index (χ1n) is 8.23. The van der Waals surface area contributed by atoms with Crippen molar-refractivity contribution >= 4 is 23.7 Å². The molecule has 1 saturated heterocycles. The summed E-state index contributed by atoms with van der Waals surface area (Å²) in [6, 6.07) is 2.66. The molecule has 132 valence electrons. The monoisotopic (exact) mass is 355 g/mol. The molecule has 4 aliphatic rings. The number of carbonyl (C=O) groups excluding carboxylic acids is 2. The smallest absolute Gasteiger partial charge is 0.282 e. The second-order valence-electron chi connectivity index (χ2n) is 6.75. The van der Waals surface area contributed by atoms with Gasteiger partial charge in [-0.1, -0.05) is 12.2 Å². The molecule has 4 atom stereocenters. The molecule has 0 unspecified atom stereocenters. The van der Waals surface area contributed by atoms with E-state index in [0.29, 0.717) is 5.75 Å². The first kappa shape index (κ1) is 15.1. The Morgan fingerprint density at radius 2 is 1.73 bits per heavy atom. The second kappa shape index (κ2) is 5.13. The number of ether oxygens (including phenoxy) is 2. The van der Waals surface area contributed by atoms with Crippen molar-refractivity contribution in [1.29, 1.82) is 0 Å². The zero-order valence-corrected chi connectivity index (χ0v) is 13.4. The first-order chi connectivity index (χ1) is 12.5. The molecule has 2 heterocycles. The van der Waals surface area contributed by atoms with Crippen LogP contribution in [0.5, 0.6) is 11.5 Å². The number of carbonyl (C=O) groups is 2. The van der Waals surface area contributed by atoms with Crippen molar-refractivity contribution in [2.24, 2.45) is 28.8 Å². The minimum Gasteiger partial charge on any atom is -0.454 e. The molecule has 1 aromatic carbocycles. The largest absolute Gasteiger partial charge is 0.454 e. The molecule has 26 heavy (non-hydrogen) atoms. The lowest BCUT2D eigenvalue weighted by Crippen LogP contribution is -2.28. The molecule has 2 aliphatic heterocycles. The number of hydrazone groups is 1. The van der Waals surface area contributed by atoms with Gasteiger partial charge < -0.3 is 9.47 Å². The Hall–Kier alpha value is -3.23. The molecule has 9 heteroatoms. The van der Waals surface area contributed by atoms with Crippen LogP contribution in [0.2, 0.25) is 0 Å². The van der Waals surface area contributed by atoms with Gasteiger partial charge >= 0.3 is 0 Å². The minimum absolute atomic E-state index is 0.0185. The number of imide groups is 1. The van der Waals surface area contributed by atoms with E-state index in [2.05, 4.69) is 5.10 Å². The van der Waals surface area contributed by atoms with E-state index >= 15 is 0 Å². The fourth-order valence-corrected chi connectivity index (χ4v) is 4.33. The van der Waals surface area contributed by atoms with Crippen molar-refractivity contribution in [3.63, 3.8) is 0 Å². The van der Waals surface area contributed by atoms with Gasteiger partial charge in [0.15, 0.2) is 11.5 Å². The summed E-state index contributed by atoms with van der Waals surface area (Å²) in [4.78, 5) is 35.9. The van der Waals surface area contributed by atoms with E-state index in [-0.39, 0.29) is 59.3 Å². The molecule has 1 aromatic rings. The third-order valence-corrected chi connectivity index (χ3v) is 5.48. The number of benzene rings is 1. The molecular formula is C17H13N3O6. The van der Waals surface area contributed by atoms with Gasteiger partial charge in [0.25, 0.3) is 17.5 Å². The van der Waals surface area contributed by atoms with Crippen molar-refractivity contribution in [2.75, 3.05) is 6.79 Å². The van der Waals surface area contributed by atoms with Crippen molar-refractivity contribution in [2.45, 2.75) is 6.42 Å². The van der Waals surface area contributed by atoms with Gasteiger partial charge in [-0.05, 0) is 24.3 Å². The van der Waals surface area contributed by atoms with Crippen LogP contribution in [0.1, 0.15) is 12.0 Å². The number of allylic oxidation sites excluding steroid dienone is 2. The number of hydrogen-bond acceptors (Lipinski definition) is 7. The van der Waals surface area contributed by atoms with E-state index in [1.54, 1.807) is 0 Å². The summed E-state index contributed by atoms with van der Waals surface area (Å²) in [5.41, 5.74) is -0.1000. The third kappa shape index (κ3) is 1.94. The summed E-state index contributed by atoms with van der Waals surface area (Å²) in [5.74, 6) is -0.589. The average molecular weight is 355 g/mol. The fraction of sp³-hybridized carbons (Fsp3) is 0.353. The van der Waals surface area contributed by atoms with Crippen LogP contribution < -0.4 is 9.47 Å². The van der Waals surface area contributed by atoms with Gasteiger partial charge in [0, 0.05) is 0 Å². The van der Waals surface area contributed by atoms with E-state index in [1.165, 1.54) is 12.1 Å². The summed E-state index contributed by atoms with van der Waals surface area (Å²) < 4.78 is 10.4. The lowest BCUT2D eigenvalue weighted by atomic mass is 9.85. The van der Waals surface area contributed by atoms with E-state index in [0.717, 1.165) is 17.6 Å². The maximum atomic E-state index is 12.6. The van der Waals surface area contributed by atoms with E-state index in [9.17, 15) is 19.7 Å². The van der Waals surface area contributed by atoms with Gasteiger partial charge in [-0.15, -0.1) is 0 Å². The van der Waals surface area contributed by atoms with Gasteiger partial charge in [-0.3, -0.25) is 19.7 Å². The zero-order valence-electron chi connectivity index (χ0n) is 13.4. The van der Waals surface area contributed by atoms with Gasteiger partial charge in [0.2, 0.25) is 6.79 Å². The van der Waals surface area contributed by atoms with Crippen LogP contribution in [0, 0.1) is 33.8 Å². The molecule has 2 amide bonds. The third-order valence-electron chi connectivity index (χ3n) is 5.48. The summed E-state index contributed by atoms with van der Waals surface area (Å²) in [6.45, 7) is -0.0185. The number of amides is 2. The van der Waals surface area contributed by atoms with Gasteiger partial charge in [0.05, 0.1) is 34.6 Å². The van der Waals surface area contributed by atoms with Gasteiger partial charge in [-0.2, -0.15) is 10.1 Å². The molecule has 2 fully saturated rings. The van der Waals surface area contributed by atoms with Crippen molar-refractivity contribution in [3.8, 4) is 11.5 Å². The molecular weight excluding hydrogens is 342 g/mol. The molecule has 2 aliphatic carbocycles. The van der Waals surface area contributed by atoms with Crippen LogP contribution in [-0.4, -0.2) is 34.8 Å². The molecule has 0 spiro atoms. The summed E-state index contributed by atoms with van der Waals surface area (Å²) in [7, 11) is 0. The van der Waals surface area contributed by atoms with Crippen molar-refractivity contribution < 1.29 is 24.0 Å². The number of hydrogen-bond donors (Lipinski definition) is 0. The molecule has 1 saturated carbocycles. The Morgan fingerprint density at radius 1 is 1.12 bits per heavy atom. The molecule has 0 radical (unpaired) electrons. The molecule has 5 rings (SSSR count). The quantitative estimate of drug-likeness (QED) is 0.267. The lowest BCUT2D eigenvalue weighted by molar-refractivity contribution is -0.385. The van der Waals surface area contributed by atoms with Crippen LogP contribution in [0.4, 0.5) is 5.69 Å². The Balaban J connectivity index is 1.47. The van der Waals surface area contributed by atoms with Crippen molar-refractivity contribution in [1.82, 2.24) is 5.01 Å². The zero-order chi connectivity index (χ0) is 18.0. The lowest BCUT2D eigenvalue weighted by Gasteiger charge is -2.13. The number of nitro benzene ring substituents is 1. The highest BCUT2D eigenvalue weighted by Gasteiger charge is 2.59. The van der Waals surface area contributed by atoms with Gasteiger partial charge in [-0.25, -0.2) is 0 Å². The summed E-state index contributed by atoms with van der Waals surface area (Å²) >= 11 is 0. The Morgan fingerprint density at radius 3 is 2.35 bits per heavy atom. The highest BCUT2D eigenvalue weighted by atomic mass is 16.7. The standard InChI is InChI=1S/C17H13N3O6/c21-16-14-8-1-2-9(3-8)15(14)17(22)19(16)18-6-10-4-12-13(26-7-25-12)5-11(10)20(23)24/h1-2,4-6,8-9,14-15H,3,7H2/b18-6-/t8-,9-,14-,15-/m0/s1.